The fourth-order valence-corrected chi connectivity index (χ4v) is 0.772. The number of hydrogen-bond acceptors (Lipinski definition) is 2. The van der Waals surface area contributed by atoms with E-state index in [9.17, 15) is 5.11 Å². The predicted molar refractivity (Wildman–Crippen MR) is 39.5 cm³/mol. The summed E-state index contributed by atoms with van der Waals surface area (Å²) in [6.07, 6.45) is 0. The first-order valence-electron chi connectivity index (χ1n) is 3.36. The highest BCUT2D eigenvalue weighted by molar-refractivity contribution is 4.68. The van der Waals surface area contributed by atoms with Crippen LogP contribution in [0.4, 0.5) is 0 Å². The zero-order valence-electron chi connectivity index (χ0n) is 6.81. The Balaban J connectivity index is 3.47. The quantitative estimate of drug-likeness (QED) is 0.609. The molecule has 0 spiro atoms. The molecule has 0 aromatic heterocycles. The topological polar surface area (TPSA) is 23.5 Å². The van der Waals surface area contributed by atoms with E-state index in [1.807, 2.05) is 20.9 Å². The zero-order chi connectivity index (χ0) is 7.49. The van der Waals surface area contributed by atoms with Crippen LogP contribution in [0.5, 0.6) is 0 Å². The van der Waals surface area contributed by atoms with Crippen molar-refractivity contribution in [3.8, 4) is 0 Å². The Morgan fingerprint density at radius 2 is 1.89 bits per heavy atom. The van der Waals surface area contributed by atoms with Gasteiger partial charge in [-0.2, -0.15) is 0 Å². The van der Waals surface area contributed by atoms with Crippen molar-refractivity contribution in [2.45, 2.75) is 26.4 Å². The normalized spacial score (nSPS) is 12.7. The van der Waals surface area contributed by atoms with Gasteiger partial charge in [0.1, 0.15) is 0 Å². The van der Waals surface area contributed by atoms with Gasteiger partial charge < -0.3 is 10.0 Å². The van der Waals surface area contributed by atoms with Gasteiger partial charge in [-0.3, -0.25) is 0 Å². The Morgan fingerprint density at radius 3 is 2.00 bits per heavy atom. The Morgan fingerprint density at radius 1 is 1.44 bits per heavy atom. The summed E-state index contributed by atoms with van der Waals surface area (Å²) in [5, 5.41) is 9.28. The largest absolute Gasteiger partial charge is 0.389 e. The standard InChI is InChI=1S/C7H17NO/c1-5-8(4)6-7(2,3)9/h9H,5-6H2,1-4H3. The summed E-state index contributed by atoms with van der Waals surface area (Å²) in [7, 11) is 2.00. The monoisotopic (exact) mass is 131 g/mol. The van der Waals surface area contributed by atoms with Crippen molar-refractivity contribution in [3.63, 3.8) is 0 Å². The van der Waals surface area contributed by atoms with Crippen LogP contribution in [-0.4, -0.2) is 35.7 Å². The Hall–Kier alpha value is -0.0800. The first kappa shape index (κ1) is 8.92. The van der Waals surface area contributed by atoms with Crippen LogP contribution in [0.1, 0.15) is 20.8 Å². The molecular formula is C7H17NO. The average molecular weight is 131 g/mol. The molecule has 0 bridgehead atoms. The molecule has 2 nitrogen and oxygen atoms in total. The van der Waals surface area contributed by atoms with Gasteiger partial charge in [0.25, 0.3) is 0 Å². The Labute approximate surface area is 57.5 Å². The lowest BCUT2D eigenvalue weighted by atomic mass is 10.1. The van der Waals surface area contributed by atoms with E-state index in [2.05, 4.69) is 11.8 Å². The molecule has 1 N–H and O–H groups in total. The highest BCUT2D eigenvalue weighted by atomic mass is 16.3. The SMILES string of the molecule is CCN(C)CC(C)(C)O. The third-order valence-electron chi connectivity index (χ3n) is 1.20. The summed E-state index contributed by atoms with van der Waals surface area (Å²) in [5.74, 6) is 0. The van der Waals surface area contributed by atoms with E-state index in [4.69, 9.17) is 0 Å². The first-order chi connectivity index (χ1) is 3.95. The Bertz CT molecular complexity index is 75.5. The van der Waals surface area contributed by atoms with Crippen molar-refractivity contribution >= 4 is 0 Å². The second-order valence-corrected chi connectivity index (χ2v) is 3.14. The first-order valence-corrected chi connectivity index (χ1v) is 3.36. The Kier molecular flexibility index (Phi) is 3.15. The molecular weight excluding hydrogens is 114 g/mol. The molecule has 9 heavy (non-hydrogen) atoms. The minimum atomic E-state index is -0.551. The summed E-state index contributed by atoms with van der Waals surface area (Å²) >= 11 is 0. The predicted octanol–water partition coefficient (Wildman–Crippen LogP) is 0.709. The molecule has 0 fully saturated rings. The van der Waals surface area contributed by atoms with Crippen molar-refractivity contribution in [1.29, 1.82) is 0 Å². The highest BCUT2D eigenvalue weighted by Gasteiger charge is 2.13. The van der Waals surface area contributed by atoms with E-state index in [1.54, 1.807) is 0 Å². The van der Waals surface area contributed by atoms with Gasteiger partial charge >= 0.3 is 0 Å². The third-order valence-corrected chi connectivity index (χ3v) is 1.20. The van der Waals surface area contributed by atoms with Crippen LogP contribution in [0, 0.1) is 0 Å². The maximum atomic E-state index is 9.28. The fourth-order valence-electron chi connectivity index (χ4n) is 0.772. The lowest BCUT2D eigenvalue weighted by Crippen LogP contribution is -2.35. The molecule has 0 atom stereocenters. The van der Waals surface area contributed by atoms with Crippen LogP contribution in [0.3, 0.4) is 0 Å². The van der Waals surface area contributed by atoms with Crippen LogP contribution < -0.4 is 0 Å². The molecule has 0 unspecified atom stereocenters. The van der Waals surface area contributed by atoms with Crippen molar-refractivity contribution in [2.24, 2.45) is 0 Å². The minimum absolute atomic E-state index is 0.551. The maximum absolute atomic E-state index is 9.28. The molecule has 2 heteroatoms. The van der Waals surface area contributed by atoms with E-state index in [1.165, 1.54) is 0 Å². The molecule has 56 valence electrons. The van der Waals surface area contributed by atoms with Gasteiger partial charge in [0.2, 0.25) is 0 Å². The molecule has 0 radical (unpaired) electrons. The molecule has 0 rings (SSSR count). The van der Waals surface area contributed by atoms with Gasteiger partial charge in [-0.25, -0.2) is 0 Å². The molecule has 0 heterocycles. The third kappa shape index (κ3) is 5.80. The summed E-state index contributed by atoms with van der Waals surface area (Å²) in [6.45, 7) is 7.44. The summed E-state index contributed by atoms with van der Waals surface area (Å²) in [6, 6.07) is 0. The zero-order valence-corrected chi connectivity index (χ0v) is 6.81. The molecule has 0 aromatic carbocycles. The van der Waals surface area contributed by atoms with Crippen LogP contribution in [0.25, 0.3) is 0 Å². The maximum Gasteiger partial charge on any atom is 0.0718 e. The van der Waals surface area contributed by atoms with Gasteiger partial charge in [0.15, 0.2) is 0 Å². The van der Waals surface area contributed by atoms with Crippen LogP contribution in [-0.2, 0) is 0 Å². The van der Waals surface area contributed by atoms with E-state index in [-0.39, 0.29) is 0 Å². The number of likely N-dealkylation sites (N-methyl/N-ethyl adjacent to an activating group) is 1. The number of aliphatic hydroxyl groups is 1. The lowest BCUT2D eigenvalue weighted by Gasteiger charge is -2.23. The van der Waals surface area contributed by atoms with Gasteiger partial charge in [-0.1, -0.05) is 6.92 Å². The van der Waals surface area contributed by atoms with Crippen molar-refractivity contribution in [3.05, 3.63) is 0 Å². The van der Waals surface area contributed by atoms with Crippen LogP contribution in [0.15, 0.2) is 0 Å². The second kappa shape index (κ2) is 3.18. The van der Waals surface area contributed by atoms with Gasteiger partial charge in [-0.05, 0) is 27.4 Å². The number of nitrogens with zero attached hydrogens (tertiary/aromatic N) is 1. The highest BCUT2D eigenvalue weighted by Crippen LogP contribution is 2.01. The van der Waals surface area contributed by atoms with Crippen LogP contribution in [0.2, 0.25) is 0 Å². The summed E-state index contributed by atoms with van der Waals surface area (Å²) in [5.41, 5.74) is -0.551. The molecule has 0 saturated heterocycles. The van der Waals surface area contributed by atoms with Crippen LogP contribution >= 0.6 is 0 Å². The van der Waals surface area contributed by atoms with Crippen molar-refractivity contribution in [2.75, 3.05) is 20.1 Å². The smallest absolute Gasteiger partial charge is 0.0718 e. The summed E-state index contributed by atoms with van der Waals surface area (Å²) < 4.78 is 0. The number of hydrogen-bond donors (Lipinski definition) is 1. The molecule has 0 aliphatic heterocycles. The van der Waals surface area contributed by atoms with Gasteiger partial charge in [-0.15, -0.1) is 0 Å². The van der Waals surface area contributed by atoms with E-state index >= 15 is 0 Å². The van der Waals surface area contributed by atoms with E-state index in [0.717, 1.165) is 13.1 Å². The average Bonchev–Trinajstić information content (AvgIpc) is 1.62. The van der Waals surface area contributed by atoms with E-state index in [0.29, 0.717) is 0 Å². The summed E-state index contributed by atoms with van der Waals surface area (Å²) in [4.78, 5) is 2.08. The van der Waals surface area contributed by atoms with Crippen molar-refractivity contribution in [1.82, 2.24) is 4.90 Å². The molecule has 0 amide bonds. The van der Waals surface area contributed by atoms with E-state index < -0.39 is 5.60 Å². The lowest BCUT2D eigenvalue weighted by molar-refractivity contribution is 0.0462. The second-order valence-electron chi connectivity index (χ2n) is 3.14. The fraction of sp³-hybridized carbons (Fsp3) is 1.00. The van der Waals surface area contributed by atoms with Gasteiger partial charge in [0, 0.05) is 6.54 Å². The van der Waals surface area contributed by atoms with Gasteiger partial charge in [0.05, 0.1) is 5.60 Å². The molecule has 0 aromatic rings. The van der Waals surface area contributed by atoms with Crippen molar-refractivity contribution < 1.29 is 5.11 Å². The minimum Gasteiger partial charge on any atom is -0.389 e. The molecule has 0 aliphatic carbocycles. The molecule has 0 aliphatic rings. The number of rotatable bonds is 3. The molecule has 0 saturated carbocycles.